The summed E-state index contributed by atoms with van der Waals surface area (Å²) >= 11 is 1.57. The van der Waals surface area contributed by atoms with Gasteiger partial charge in [0.25, 0.3) is 5.91 Å². The predicted molar refractivity (Wildman–Crippen MR) is 108 cm³/mol. The van der Waals surface area contributed by atoms with E-state index < -0.39 is 0 Å². The van der Waals surface area contributed by atoms with Gasteiger partial charge in [-0.1, -0.05) is 24.6 Å². The van der Waals surface area contributed by atoms with Crippen molar-refractivity contribution in [2.45, 2.75) is 37.1 Å². The lowest BCUT2D eigenvalue weighted by atomic mass is 9.89. The Morgan fingerprint density at radius 3 is 2.85 bits per heavy atom. The fraction of sp³-hybridized carbons (Fsp3) is 0.455. The average molecular weight is 383 g/mol. The molecule has 2 saturated carbocycles. The molecule has 0 aliphatic heterocycles. The molecule has 2 aliphatic carbocycles. The lowest BCUT2D eigenvalue weighted by Gasteiger charge is -2.22. The molecule has 1 amide bonds. The number of nitrogens with zero attached hydrogens (tertiary/aromatic N) is 1. The molecule has 3 unspecified atom stereocenters. The number of carbonyl (C=O) groups is 1. The van der Waals surface area contributed by atoms with E-state index in [9.17, 15) is 9.90 Å². The molecule has 142 valence electrons. The Hall–Kier alpha value is -2.01. The van der Waals surface area contributed by atoms with E-state index in [4.69, 9.17) is 0 Å². The lowest BCUT2D eigenvalue weighted by molar-refractivity contribution is 0.0938. The molecule has 3 atom stereocenters. The van der Waals surface area contributed by atoms with Crippen LogP contribution in [0.25, 0.3) is 0 Å². The maximum atomic E-state index is 12.7. The highest BCUT2D eigenvalue weighted by Crippen LogP contribution is 2.47. The highest BCUT2D eigenvalue weighted by molar-refractivity contribution is 7.99. The van der Waals surface area contributed by atoms with Crippen LogP contribution in [0.5, 0.6) is 5.75 Å². The molecule has 5 heteroatoms. The highest BCUT2D eigenvalue weighted by atomic mass is 32.2. The van der Waals surface area contributed by atoms with Gasteiger partial charge in [0.1, 0.15) is 10.8 Å². The number of fused-ring (bicyclic) bond motifs is 2. The topological polar surface area (TPSA) is 62.2 Å². The van der Waals surface area contributed by atoms with E-state index in [1.165, 1.54) is 25.7 Å². The normalized spacial score (nSPS) is 23.5. The molecule has 27 heavy (non-hydrogen) atoms. The van der Waals surface area contributed by atoms with E-state index in [0.29, 0.717) is 17.2 Å². The van der Waals surface area contributed by atoms with Crippen molar-refractivity contribution in [3.63, 3.8) is 0 Å². The molecule has 2 aromatic rings. The van der Waals surface area contributed by atoms with Crippen molar-refractivity contribution in [3.8, 4) is 5.75 Å². The predicted octanol–water partition coefficient (Wildman–Crippen LogP) is 4.29. The summed E-state index contributed by atoms with van der Waals surface area (Å²) in [4.78, 5) is 17.1. The fourth-order valence-electron chi connectivity index (χ4n) is 4.60. The smallest absolute Gasteiger partial charge is 0.254 e. The molecule has 1 aromatic carbocycles. The zero-order chi connectivity index (χ0) is 18.6. The first-order valence-corrected chi connectivity index (χ1v) is 10.8. The molecule has 4 rings (SSSR count). The zero-order valence-electron chi connectivity index (χ0n) is 15.4. The first-order chi connectivity index (χ1) is 13.2. The number of aromatic nitrogens is 1. The number of phenols is 1. The zero-order valence-corrected chi connectivity index (χ0v) is 16.3. The van der Waals surface area contributed by atoms with Crippen LogP contribution in [0.3, 0.4) is 0 Å². The van der Waals surface area contributed by atoms with E-state index in [1.807, 2.05) is 30.3 Å². The molecular weight excluding hydrogens is 356 g/mol. The van der Waals surface area contributed by atoms with Gasteiger partial charge in [0.15, 0.2) is 0 Å². The van der Waals surface area contributed by atoms with Crippen LogP contribution >= 0.6 is 11.8 Å². The number of hydrogen-bond acceptors (Lipinski definition) is 4. The number of rotatable bonds is 7. The summed E-state index contributed by atoms with van der Waals surface area (Å²) in [6.45, 7) is 0.789. The van der Waals surface area contributed by atoms with Crippen molar-refractivity contribution in [1.82, 2.24) is 10.3 Å². The standard InChI is InChI=1S/C22H26N2O2S/c25-20-6-2-1-4-16(20)9-11-27-22-19(5-3-10-23-22)21(26)24-14-18-13-15-7-8-17(18)12-15/h1-6,10,15,17-18,25H,7-9,11-14H2,(H,24,26). The van der Waals surface area contributed by atoms with Crippen molar-refractivity contribution in [3.05, 3.63) is 53.7 Å². The molecule has 0 radical (unpaired) electrons. The Balaban J connectivity index is 1.33. The summed E-state index contributed by atoms with van der Waals surface area (Å²) in [6, 6.07) is 11.1. The second-order valence-corrected chi connectivity index (χ2v) is 8.81. The number of nitrogens with one attached hydrogen (secondary N) is 1. The number of thioether (sulfide) groups is 1. The third-order valence-corrected chi connectivity index (χ3v) is 7.03. The van der Waals surface area contributed by atoms with Gasteiger partial charge in [0.2, 0.25) is 0 Å². The Labute approximate surface area is 164 Å². The van der Waals surface area contributed by atoms with Crippen LogP contribution in [-0.4, -0.2) is 28.3 Å². The molecule has 2 fully saturated rings. The summed E-state index contributed by atoms with van der Waals surface area (Å²) in [5, 5.41) is 13.8. The quantitative estimate of drug-likeness (QED) is 0.702. The van der Waals surface area contributed by atoms with Crippen molar-refractivity contribution < 1.29 is 9.90 Å². The minimum absolute atomic E-state index is 0.0177. The Morgan fingerprint density at radius 1 is 1.19 bits per heavy atom. The van der Waals surface area contributed by atoms with Gasteiger partial charge >= 0.3 is 0 Å². The molecule has 2 aliphatic rings. The number of carbonyl (C=O) groups excluding carboxylic acids is 1. The van der Waals surface area contributed by atoms with Crippen LogP contribution < -0.4 is 5.32 Å². The number of benzene rings is 1. The minimum Gasteiger partial charge on any atom is -0.508 e. The summed E-state index contributed by atoms with van der Waals surface area (Å²) in [7, 11) is 0. The second-order valence-electron chi connectivity index (χ2n) is 7.73. The number of hydrogen-bond donors (Lipinski definition) is 2. The van der Waals surface area contributed by atoms with Gasteiger partial charge in [-0.15, -0.1) is 11.8 Å². The number of para-hydroxylation sites is 1. The van der Waals surface area contributed by atoms with E-state index in [0.717, 1.165) is 41.1 Å². The second kappa shape index (κ2) is 8.34. The highest BCUT2D eigenvalue weighted by Gasteiger charge is 2.39. The third-order valence-electron chi connectivity index (χ3n) is 6.03. The number of aryl methyl sites for hydroxylation is 1. The van der Waals surface area contributed by atoms with Crippen molar-refractivity contribution in [2.24, 2.45) is 17.8 Å². The maximum absolute atomic E-state index is 12.7. The van der Waals surface area contributed by atoms with Gasteiger partial charge in [-0.25, -0.2) is 4.98 Å². The largest absolute Gasteiger partial charge is 0.508 e. The van der Waals surface area contributed by atoms with Crippen LogP contribution in [0.1, 0.15) is 41.6 Å². The SMILES string of the molecule is O=C(NCC1CC2CCC1C2)c1cccnc1SCCc1ccccc1O. The summed E-state index contributed by atoms with van der Waals surface area (Å²) < 4.78 is 0. The first kappa shape index (κ1) is 18.4. The third kappa shape index (κ3) is 4.29. The number of pyridine rings is 1. The monoisotopic (exact) mass is 382 g/mol. The van der Waals surface area contributed by atoms with Crippen LogP contribution in [-0.2, 0) is 6.42 Å². The van der Waals surface area contributed by atoms with E-state index >= 15 is 0 Å². The van der Waals surface area contributed by atoms with Gasteiger partial charge in [0, 0.05) is 18.5 Å². The van der Waals surface area contributed by atoms with Crippen molar-refractivity contribution in [2.75, 3.05) is 12.3 Å². The van der Waals surface area contributed by atoms with Crippen LogP contribution in [0.4, 0.5) is 0 Å². The van der Waals surface area contributed by atoms with Gasteiger partial charge < -0.3 is 10.4 Å². The fourth-order valence-corrected chi connectivity index (χ4v) is 5.57. The molecule has 0 saturated heterocycles. The van der Waals surface area contributed by atoms with Crippen LogP contribution in [0, 0.1) is 17.8 Å². The molecule has 2 N–H and O–H groups in total. The average Bonchev–Trinajstić information content (AvgIpc) is 3.31. The van der Waals surface area contributed by atoms with Crippen molar-refractivity contribution >= 4 is 17.7 Å². The molecule has 2 bridgehead atoms. The number of aromatic hydroxyl groups is 1. The molecule has 4 nitrogen and oxygen atoms in total. The minimum atomic E-state index is -0.0177. The van der Waals surface area contributed by atoms with Gasteiger partial charge in [-0.3, -0.25) is 4.79 Å². The Bertz CT molecular complexity index is 810. The van der Waals surface area contributed by atoms with Gasteiger partial charge in [0.05, 0.1) is 5.56 Å². The lowest BCUT2D eigenvalue weighted by Crippen LogP contribution is -2.32. The van der Waals surface area contributed by atoms with Crippen LogP contribution in [0.2, 0.25) is 0 Å². The van der Waals surface area contributed by atoms with Gasteiger partial charge in [-0.2, -0.15) is 0 Å². The first-order valence-electron chi connectivity index (χ1n) is 9.83. The summed E-state index contributed by atoms with van der Waals surface area (Å²) in [5.41, 5.74) is 1.58. The van der Waals surface area contributed by atoms with E-state index in [1.54, 1.807) is 24.0 Å². The number of phenolic OH excluding ortho intramolecular Hbond substituents is 1. The van der Waals surface area contributed by atoms with E-state index in [2.05, 4.69) is 10.3 Å². The Kier molecular flexibility index (Phi) is 5.67. The Morgan fingerprint density at radius 2 is 2.07 bits per heavy atom. The molecule has 1 heterocycles. The number of amides is 1. The summed E-state index contributed by atoms with van der Waals surface area (Å²) in [5.74, 6) is 3.44. The van der Waals surface area contributed by atoms with Crippen LogP contribution in [0.15, 0.2) is 47.6 Å². The molecule has 0 spiro atoms. The molecule has 1 aromatic heterocycles. The molecular formula is C22H26N2O2S. The van der Waals surface area contributed by atoms with Gasteiger partial charge in [-0.05, 0) is 67.2 Å². The maximum Gasteiger partial charge on any atom is 0.254 e. The summed E-state index contributed by atoms with van der Waals surface area (Å²) in [6.07, 6.45) is 7.83. The van der Waals surface area contributed by atoms with Crippen molar-refractivity contribution in [1.29, 1.82) is 0 Å². The van der Waals surface area contributed by atoms with E-state index in [-0.39, 0.29) is 5.91 Å².